The van der Waals surface area contributed by atoms with Gasteiger partial charge in [-0.15, -0.1) is 0 Å². The van der Waals surface area contributed by atoms with Crippen LogP contribution in [0.4, 0.5) is 0 Å². The molecule has 1 unspecified atom stereocenters. The van der Waals surface area contributed by atoms with Crippen LogP contribution in [0.25, 0.3) is 0 Å². The third-order valence-corrected chi connectivity index (χ3v) is 2.08. The molecule has 1 fully saturated rings. The number of aromatic nitrogens is 1. The maximum absolute atomic E-state index is 5.59. The van der Waals surface area contributed by atoms with Crippen molar-refractivity contribution in [3.63, 3.8) is 0 Å². The molecule has 0 aliphatic carbocycles. The van der Waals surface area contributed by atoms with Crippen LogP contribution in [-0.4, -0.2) is 18.1 Å². The highest BCUT2D eigenvalue weighted by molar-refractivity contribution is 6.28. The highest BCUT2D eigenvalue weighted by Crippen LogP contribution is 2.23. The van der Waals surface area contributed by atoms with Gasteiger partial charge in [0, 0.05) is 12.5 Å². The van der Waals surface area contributed by atoms with Gasteiger partial charge in [0.15, 0.2) is 0 Å². The lowest BCUT2D eigenvalue weighted by Crippen LogP contribution is -2.07. The Kier molecular flexibility index (Phi) is 1.84. The zero-order valence-electron chi connectivity index (χ0n) is 6.01. The van der Waals surface area contributed by atoms with Crippen LogP contribution in [0, 0.1) is 0 Å². The number of hydrogen-bond acceptors (Lipinski definition) is 3. The molecule has 1 N–H and O–H groups in total. The van der Waals surface area contributed by atoms with E-state index in [1.807, 2.05) is 0 Å². The van der Waals surface area contributed by atoms with Gasteiger partial charge in [-0.3, -0.25) is 0 Å². The minimum Gasteiger partial charge on any atom is -0.429 e. The maximum Gasteiger partial charge on any atom is 0.213 e. The molecular formula is C7H9ClN2O. The Bertz CT molecular complexity index is 242. The van der Waals surface area contributed by atoms with Crippen LogP contribution in [-0.2, 0) is 0 Å². The number of nitrogens with one attached hydrogen (secondary N) is 1. The lowest BCUT2D eigenvalue weighted by molar-refractivity contribution is 0.459. The normalized spacial score (nSPS) is 24.3. The molecule has 2 rings (SSSR count). The average molecular weight is 173 g/mol. The number of rotatable bonds is 1. The van der Waals surface area contributed by atoms with Crippen molar-refractivity contribution in [1.82, 2.24) is 10.3 Å². The summed E-state index contributed by atoms with van der Waals surface area (Å²) in [4.78, 5) is 4.06. The maximum atomic E-state index is 5.59. The van der Waals surface area contributed by atoms with Crippen molar-refractivity contribution in [3.8, 4) is 0 Å². The molecule has 1 aromatic heterocycles. The molecule has 4 heteroatoms. The van der Waals surface area contributed by atoms with E-state index in [1.54, 1.807) is 6.20 Å². The predicted octanol–water partition coefficient (Wildman–Crippen LogP) is 1.40. The molecule has 2 heterocycles. The van der Waals surface area contributed by atoms with Crippen molar-refractivity contribution in [2.45, 2.75) is 12.3 Å². The van der Waals surface area contributed by atoms with Gasteiger partial charge in [-0.1, -0.05) is 0 Å². The summed E-state index contributed by atoms with van der Waals surface area (Å²) in [5, 5.41) is 3.62. The van der Waals surface area contributed by atoms with Gasteiger partial charge in [0.2, 0.25) is 11.1 Å². The van der Waals surface area contributed by atoms with Crippen LogP contribution in [0.3, 0.4) is 0 Å². The van der Waals surface area contributed by atoms with E-state index >= 15 is 0 Å². The Balaban J connectivity index is 2.15. The first-order valence-electron chi connectivity index (χ1n) is 3.68. The van der Waals surface area contributed by atoms with Crippen LogP contribution in [0.5, 0.6) is 0 Å². The second kappa shape index (κ2) is 2.83. The van der Waals surface area contributed by atoms with Gasteiger partial charge < -0.3 is 9.73 Å². The van der Waals surface area contributed by atoms with Gasteiger partial charge >= 0.3 is 0 Å². The third-order valence-electron chi connectivity index (χ3n) is 1.90. The topological polar surface area (TPSA) is 38.1 Å². The van der Waals surface area contributed by atoms with Gasteiger partial charge in [0.25, 0.3) is 0 Å². The molecular weight excluding hydrogens is 164 g/mol. The molecule has 0 amide bonds. The Morgan fingerprint density at radius 2 is 2.64 bits per heavy atom. The van der Waals surface area contributed by atoms with Crippen LogP contribution in [0.15, 0.2) is 10.6 Å². The van der Waals surface area contributed by atoms with Crippen molar-refractivity contribution >= 4 is 11.6 Å². The molecule has 1 atom stereocenters. The number of nitrogens with zero attached hydrogens (tertiary/aromatic N) is 1. The largest absolute Gasteiger partial charge is 0.429 e. The first kappa shape index (κ1) is 7.13. The zero-order chi connectivity index (χ0) is 7.68. The minimum absolute atomic E-state index is 0.381. The minimum atomic E-state index is 0.381. The smallest absolute Gasteiger partial charge is 0.213 e. The summed E-state index contributed by atoms with van der Waals surface area (Å²) in [5.41, 5.74) is 0. The summed E-state index contributed by atoms with van der Waals surface area (Å²) in [6.07, 6.45) is 2.64. The predicted molar refractivity (Wildman–Crippen MR) is 41.7 cm³/mol. The van der Waals surface area contributed by atoms with Crippen molar-refractivity contribution in [1.29, 1.82) is 0 Å². The fourth-order valence-electron chi connectivity index (χ4n) is 1.32. The van der Waals surface area contributed by atoms with E-state index in [2.05, 4.69) is 10.3 Å². The molecule has 1 aromatic rings. The molecule has 0 bridgehead atoms. The van der Waals surface area contributed by atoms with Crippen molar-refractivity contribution < 1.29 is 4.42 Å². The number of halogens is 1. The molecule has 3 nitrogen and oxygen atoms in total. The molecule has 0 spiro atoms. The SMILES string of the molecule is Clc1cnc(C2CCNC2)o1. The summed E-state index contributed by atoms with van der Waals surface area (Å²) < 4.78 is 5.18. The Labute approximate surface area is 69.8 Å². The summed E-state index contributed by atoms with van der Waals surface area (Å²) in [6.45, 7) is 2.00. The number of oxazole rings is 1. The molecule has 1 aliphatic heterocycles. The second-order valence-electron chi connectivity index (χ2n) is 2.69. The van der Waals surface area contributed by atoms with Crippen LogP contribution >= 0.6 is 11.6 Å². The van der Waals surface area contributed by atoms with E-state index in [4.69, 9.17) is 16.0 Å². The van der Waals surface area contributed by atoms with E-state index in [0.29, 0.717) is 11.1 Å². The zero-order valence-corrected chi connectivity index (χ0v) is 6.77. The fourth-order valence-corrected chi connectivity index (χ4v) is 1.45. The van der Waals surface area contributed by atoms with Gasteiger partial charge in [-0.05, 0) is 24.6 Å². The second-order valence-corrected chi connectivity index (χ2v) is 3.06. The molecule has 11 heavy (non-hydrogen) atoms. The van der Waals surface area contributed by atoms with Crippen molar-refractivity contribution in [2.75, 3.05) is 13.1 Å². The van der Waals surface area contributed by atoms with E-state index in [0.717, 1.165) is 25.4 Å². The Morgan fingerprint density at radius 3 is 3.18 bits per heavy atom. The van der Waals surface area contributed by atoms with Crippen LogP contribution < -0.4 is 5.32 Å². The van der Waals surface area contributed by atoms with E-state index in [1.165, 1.54) is 0 Å². The average Bonchev–Trinajstić information content (AvgIpc) is 2.55. The summed E-state index contributed by atoms with van der Waals surface area (Å²) in [5.74, 6) is 1.18. The Hall–Kier alpha value is -0.540. The fraction of sp³-hybridized carbons (Fsp3) is 0.571. The first-order valence-corrected chi connectivity index (χ1v) is 4.06. The molecule has 0 radical (unpaired) electrons. The Morgan fingerprint density at radius 1 is 1.73 bits per heavy atom. The van der Waals surface area contributed by atoms with Crippen molar-refractivity contribution in [2.24, 2.45) is 0 Å². The van der Waals surface area contributed by atoms with Gasteiger partial charge in [-0.2, -0.15) is 0 Å². The quantitative estimate of drug-likeness (QED) is 0.696. The van der Waals surface area contributed by atoms with Gasteiger partial charge in [-0.25, -0.2) is 4.98 Å². The monoisotopic (exact) mass is 172 g/mol. The van der Waals surface area contributed by atoms with Gasteiger partial charge in [0.1, 0.15) is 0 Å². The highest BCUT2D eigenvalue weighted by Gasteiger charge is 2.20. The third kappa shape index (κ3) is 1.39. The first-order chi connectivity index (χ1) is 5.36. The van der Waals surface area contributed by atoms with E-state index in [-0.39, 0.29) is 0 Å². The summed E-state index contributed by atoms with van der Waals surface area (Å²) in [6, 6.07) is 0. The van der Waals surface area contributed by atoms with Gasteiger partial charge in [0.05, 0.1) is 6.20 Å². The molecule has 1 aliphatic rings. The molecule has 1 saturated heterocycles. The highest BCUT2D eigenvalue weighted by atomic mass is 35.5. The standard InChI is InChI=1S/C7H9ClN2O/c8-6-4-10-7(11-6)5-1-2-9-3-5/h4-5,9H,1-3H2. The van der Waals surface area contributed by atoms with E-state index in [9.17, 15) is 0 Å². The summed E-state index contributed by atoms with van der Waals surface area (Å²) >= 11 is 5.59. The number of hydrogen-bond donors (Lipinski definition) is 1. The lowest BCUT2D eigenvalue weighted by atomic mass is 10.1. The molecule has 0 aromatic carbocycles. The lowest BCUT2D eigenvalue weighted by Gasteiger charge is -1.99. The van der Waals surface area contributed by atoms with Crippen molar-refractivity contribution in [3.05, 3.63) is 17.3 Å². The van der Waals surface area contributed by atoms with Crippen LogP contribution in [0.1, 0.15) is 18.2 Å². The van der Waals surface area contributed by atoms with Crippen LogP contribution in [0.2, 0.25) is 5.22 Å². The van der Waals surface area contributed by atoms with E-state index < -0.39 is 0 Å². The molecule has 0 saturated carbocycles. The molecule has 60 valence electrons. The summed E-state index contributed by atoms with van der Waals surface area (Å²) in [7, 11) is 0.